The van der Waals surface area contributed by atoms with E-state index in [-0.39, 0.29) is 11.8 Å². The second kappa shape index (κ2) is 5.98. The van der Waals surface area contributed by atoms with Crippen LogP contribution in [0.1, 0.15) is 44.3 Å². The highest BCUT2D eigenvalue weighted by Crippen LogP contribution is 2.21. The summed E-state index contributed by atoms with van der Waals surface area (Å²) in [6, 6.07) is -0.504. The Hall–Kier alpha value is -1.98. The quantitative estimate of drug-likeness (QED) is 0.882. The molecule has 6 heteroatoms. The predicted molar refractivity (Wildman–Crippen MR) is 73.6 cm³/mol. The third-order valence-electron chi connectivity index (χ3n) is 3.40. The number of rotatable bonds is 4. The fourth-order valence-electron chi connectivity index (χ4n) is 2.20. The number of carbonyl (C=O) groups excluding carboxylic acids is 2. The van der Waals surface area contributed by atoms with Crippen LogP contribution in [-0.4, -0.2) is 32.7 Å². The third kappa shape index (κ3) is 2.95. The predicted octanol–water partition coefficient (Wildman–Crippen LogP) is 0.796. The molecule has 0 fully saturated rings. The molecule has 1 atom stereocenters. The minimum atomic E-state index is -0.504. The molecule has 1 aliphatic heterocycles. The van der Waals surface area contributed by atoms with Crippen LogP contribution in [0.15, 0.2) is 6.20 Å². The van der Waals surface area contributed by atoms with Gasteiger partial charge < -0.3 is 10.2 Å². The molecule has 0 bridgehead atoms. The van der Waals surface area contributed by atoms with Gasteiger partial charge in [0.25, 0.3) is 0 Å². The molecule has 0 saturated heterocycles. The second-order valence-corrected chi connectivity index (χ2v) is 4.95. The first kappa shape index (κ1) is 14.4. The van der Waals surface area contributed by atoms with E-state index in [0.29, 0.717) is 19.5 Å². The van der Waals surface area contributed by atoms with Gasteiger partial charge in [-0.25, -0.2) is 9.97 Å². The summed E-state index contributed by atoms with van der Waals surface area (Å²) in [4.78, 5) is 34.0. The SMILES string of the molecule is CCC(=O)N[C@H](C)C(=O)N1Cc2cnc(CC)nc2C1. The van der Waals surface area contributed by atoms with E-state index in [4.69, 9.17) is 0 Å². The lowest BCUT2D eigenvalue weighted by molar-refractivity contribution is -0.136. The van der Waals surface area contributed by atoms with Crippen LogP contribution in [0.3, 0.4) is 0 Å². The Balaban J connectivity index is 2.03. The van der Waals surface area contributed by atoms with Crippen LogP contribution in [-0.2, 0) is 29.1 Å². The average Bonchev–Trinajstić information content (AvgIpc) is 2.88. The fraction of sp³-hybridized carbons (Fsp3) is 0.571. The molecular weight excluding hydrogens is 256 g/mol. The van der Waals surface area contributed by atoms with Gasteiger partial charge in [0.15, 0.2) is 0 Å². The summed E-state index contributed by atoms with van der Waals surface area (Å²) in [5.74, 6) is 0.601. The van der Waals surface area contributed by atoms with E-state index in [9.17, 15) is 9.59 Å². The lowest BCUT2D eigenvalue weighted by Gasteiger charge is -2.20. The summed E-state index contributed by atoms with van der Waals surface area (Å²) in [5, 5.41) is 2.69. The molecule has 0 saturated carbocycles. The van der Waals surface area contributed by atoms with Crippen LogP contribution in [0.5, 0.6) is 0 Å². The third-order valence-corrected chi connectivity index (χ3v) is 3.40. The number of carbonyl (C=O) groups is 2. The number of hydrogen-bond acceptors (Lipinski definition) is 4. The van der Waals surface area contributed by atoms with Crippen molar-refractivity contribution in [2.45, 2.75) is 52.7 Å². The maximum atomic E-state index is 12.3. The number of aryl methyl sites for hydroxylation is 1. The second-order valence-electron chi connectivity index (χ2n) is 4.95. The molecule has 0 unspecified atom stereocenters. The minimum Gasteiger partial charge on any atom is -0.345 e. The van der Waals surface area contributed by atoms with Crippen molar-refractivity contribution in [1.82, 2.24) is 20.2 Å². The van der Waals surface area contributed by atoms with E-state index in [1.807, 2.05) is 6.92 Å². The van der Waals surface area contributed by atoms with Gasteiger partial charge in [0, 0.05) is 31.1 Å². The number of hydrogen-bond donors (Lipinski definition) is 1. The molecule has 108 valence electrons. The van der Waals surface area contributed by atoms with Crippen LogP contribution < -0.4 is 5.32 Å². The molecule has 6 nitrogen and oxygen atoms in total. The number of amides is 2. The highest BCUT2D eigenvalue weighted by molar-refractivity contribution is 5.87. The van der Waals surface area contributed by atoms with E-state index in [1.165, 1.54) is 0 Å². The molecule has 2 amide bonds. The first-order chi connectivity index (χ1) is 9.55. The largest absolute Gasteiger partial charge is 0.345 e. The van der Waals surface area contributed by atoms with Gasteiger partial charge in [0.2, 0.25) is 11.8 Å². The maximum absolute atomic E-state index is 12.3. The van der Waals surface area contributed by atoms with Gasteiger partial charge in [-0.05, 0) is 6.92 Å². The van der Waals surface area contributed by atoms with E-state index < -0.39 is 6.04 Å². The summed E-state index contributed by atoms with van der Waals surface area (Å²) >= 11 is 0. The monoisotopic (exact) mass is 276 g/mol. The van der Waals surface area contributed by atoms with Crippen molar-refractivity contribution in [3.8, 4) is 0 Å². The maximum Gasteiger partial charge on any atom is 0.245 e. The molecule has 1 aliphatic rings. The molecule has 0 aliphatic carbocycles. The van der Waals surface area contributed by atoms with Crippen molar-refractivity contribution in [2.75, 3.05) is 0 Å². The molecule has 20 heavy (non-hydrogen) atoms. The van der Waals surface area contributed by atoms with Gasteiger partial charge in [-0.1, -0.05) is 13.8 Å². The zero-order chi connectivity index (χ0) is 14.7. The Morgan fingerprint density at radius 2 is 2.15 bits per heavy atom. The zero-order valence-corrected chi connectivity index (χ0v) is 12.1. The normalized spacial score (nSPS) is 14.8. The highest BCUT2D eigenvalue weighted by atomic mass is 16.2. The summed E-state index contributed by atoms with van der Waals surface area (Å²) < 4.78 is 0. The van der Waals surface area contributed by atoms with Crippen molar-refractivity contribution < 1.29 is 9.59 Å². The van der Waals surface area contributed by atoms with E-state index >= 15 is 0 Å². The Kier molecular flexibility index (Phi) is 4.32. The fourth-order valence-corrected chi connectivity index (χ4v) is 2.20. The molecule has 0 radical (unpaired) electrons. The van der Waals surface area contributed by atoms with Gasteiger partial charge >= 0.3 is 0 Å². The van der Waals surface area contributed by atoms with Crippen molar-refractivity contribution >= 4 is 11.8 Å². The van der Waals surface area contributed by atoms with Gasteiger partial charge in [0.05, 0.1) is 12.2 Å². The van der Waals surface area contributed by atoms with Crippen LogP contribution >= 0.6 is 0 Å². The lowest BCUT2D eigenvalue weighted by atomic mass is 10.2. The summed E-state index contributed by atoms with van der Waals surface area (Å²) in [7, 11) is 0. The molecule has 1 N–H and O–H groups in total. The number of aromatic nitrogens is 2. The van der Waals surface area contributed by atoms with Gasteiger partial charge in [-0.3, -0.25) is 9.59 Å². The Bertz CT molecular complexity index is 530. The van der Waals surface area contributed by atoms with Crippen molar-refractivity contribution in [2.24, 2.45) is 0 Å². The van der Waals surface area contributed by atoms with Crippen LogP contribution in [0, 0.1) is 0 Å². The number of nitrogens with zero attached hydrogens (tertiary/aromatic N) is 3. The Morgan fingerprint density at radius 3 is 2.80 bits per heavy atom. The zero-order valence-electron chi connectivity index (χ0n) is 12.1. The Labute approximate surface area is 118 Å². The van der Waals surface area contributed by atoms with E-state index in [1.54, 1.807) is 24.9 Å². The lowest BCUT2D eigenvalue weighted by Crippen LogP contribution is -2.44. The van der Waals surface area contributed by atoms with Gasteiger partial charge in [-0.15, -0.1) is 0 Å². The van der Waals surface area contributed by atoms with E-state index in [0.717, 1.165) is 23.5 Å². The van der Waals surface area contributed by atoms with Gasteiger partial charge in [0.1, 0.15) is 11.9 Å². The smallest absolute Gasteiger partial charge is 0.245 e. The summed E-state index contributed by atoms with van der Waals surface area (Å²) in [5.41, 5.74) is 1.91. The first-order valence-electron chi connectivity index (χ1n) is 6.97. The number of fused-ring (bicyclic) bond motifs is 1. The molecule has 0 aromatic carbocycles. The van der Waals surface area contributed by atoms with Crippen molar-refractivity contribution in [3.63, 3.8) is 0 Å². The molecule has 1 aromatic heterocycles. The summed E-state index contributed by atoms with van der Waals surface area (Å²) in [6.07, 6.45) is 2.96. The molecular formula is C14H20N4O2. The Morgan fingerprint density at radius 1 is 1.40 bits per heavy atom. The topological polar surface area (TPSA) is 75.2 Å². The van der Waals surface area contributed by atoms with Crippen molar-refractivity contribution in [3.05, 3.63) is 23.3 Å². The molecule has 0 spiro atoms. The first-order valence-corrected chi connectivity index (χ1v) is 6.97. The molecule has 2 rings (SSSR count). The molecule has 2 heterocycles. The standard InChI is InChI=1S/C14H20N4O2/c1-4-12-15-6-10-7-18(8-11(10)17-12)14(20)9(3)16-13(19)5-2/h6,9H,4-5,7-8H2,1-3H3,(H,16,19)/t9-/m1/s1. The van der Waals surface area contributed by atoms with Crippen molar-refractivity contribution in [1.29, 1.82) is 0 Å². The molecule has 1 aromatic rings. The van der Waals surface area contributed by atoms with E-state index in [2.05, 4.69) is 15.3 Å². The van der Waals surface area contributed by atoms with Gasteiger partial charge in [-0.2, -0.15) is 0 Å². The summed E-state index contributed by atoms with van der Waals surface area (Å²) in [6.45, 7) is 6.49. The highest BCUT2D eigenvalue weighted by Gasteiger charge is 2.28. The van der Waals surface area contributed by atoms with Crippen LogP contribution in [0.25, 0.3) is 0 Å². The number of nitrogens with one attached hydrogen (secondary N) is 1. The van der Waals surface area contributed by atoms with Crippen LogP contribution in [0.2, 0.25) is 0 Å². The minimum absolute atomic E-state index is 0.0807. The average molecular weight is 276 g/mol. The van der Waals surface area contributed by atoms with Crippen LogP contribution in [0.4, 0.5) is 0 Å².